The van der Waals surface area contributed by atoms with Gasteiger partial charge in [0.2, 0.25) is 0 Å². The summed E-state index contributed by atoms with van der Waals surface area (Å²) < 4.78 is 0.912. The summed E-state index contributed by atoms with van der Waals surface area (Å²) in [6, 6.07) is 0. The molecule has 0 aromatic rings. The Morgan fingerprint density at radius 1 is 1.50 bits per heavy atom. The summed E-state index contributed by atoms with van der Waals surface area (Å²) in [5.41, 5.74) is 0. The Labute approximate surface area is 89.1 Å². The van der Waals surface area contributed by atoms with Gasteiger partial charge in [0.1, 0.15) is 4.32 Å². The van der Waals surface area contributed by atoms with Gasteiger partial charge in [-0.3, -0.25) is 0 Å². The Kier molecular flexibility index (Phi) is 21.8. The van der Waals surface area contributed by atoms with Crippen molar-refractivity contribution in [2.45, 2.75) is 13.8 Å². The fraction of sp³-hybridized carbons (Fsp3) is 0.800. The summed E-state index contributed by atoms with van der Waals surface area (Å²) in [5.74, 6) is 1.06. The van der Waals surface area contributed by atoms with Crippen LogP contribution in [0.1, 0.15) is 13.8 Å². The van der Waals surface area contributed by atoms with Crippen LogP contribution in [-0.4, -0.2) is 26.7 Å². The van der Waals surface area contributed by atoms with Crippen molar-refractivity contribution in [2.75, 3.05) is 12.3 Å². The van der Waals surface area contributed by atoms with Crippen LogP contribution in [-0.2, 0) is 19.5 Å². The Morgan fingerprint density at radius 2 is 2.00 bits per heavy atom. The normalized spacial score (nSPS) is 7.00. The molecule has 0 amide bonds. The summed E-state index contributed by atoms with van der Waals surface area (Å²) in [5, 5.41) is 3.04. The van der Waals surface area contributed by atoms with Crippen LogP contribution >= 0.6 is 24.0 Å². The first-order valence-corrected chi connectivity index (χ1v) is 4.11. The SMILES string of the molecule is CCNC(=S)SCC.[BeH2].[Zn]. The van der Waals surface area contributed by atoms with Crippen molar-refractivity contribution in [1.29, 1.82) is 0 Å². The molecule has 0 saturated heterocycles. The van der Waals surface area contributed by atoms with E-state index < -0.39 is 0 Å². The van der Waals surface area contributed by atoms with Crippen molar-refractivity contribution in [2.24, 2.45) is 0 Å². The molecule has 0 aliphatic rings. The number of thioether (sulfide) groups is 1. The molecule has 0 aliphatic carbocycles. The molecule has 0 spiro atoms. The topological polar surface area (TPSA) is 12.0 Å². The smallest absolute Gasteiger partial charge is 0 e. The molecule has 0 heterocycles. The van der Waals surface area contributed by atoms with Crippen molar-refractivity contribution in [3.05, 3.63) is 0 Å². The molecular weight excluding hydrogens is 213 g/mol. The minimum Gasteiger partial charge on any atom is 0 e. The Bertz CT molecular complexity index is 74.0. The first kappa shape index (κ1) is 17.2. The third kappa shape index (κ3) is 11.8. The maximum absolute atomic E-state index is 4.90. The summed E-state index contributed by atoms with van der Waals surface area (Å²) in [4.78, 5) is 0. The zero-order valence-corrected chi connectivity index (χ0v) is 10.5. The number of thiocarbonyl (C=S) groups is 1. The van der Waals surface area contributed by atoms with Crippen molar-refractivity contribution in [1.82, 2.24) is 5.32 Å². The van der Waals surface area contributed by atoms with Gasteiger partial charge in [-0.25, -0.2) is 0 Å². The molecule has 0 bridgehead atoms. The van der Waals surface area contributed by atoms with Gasteiger partial charge in [0.05, 0.1) is 0 Å². The van der Waals surface area contributed by atoms with Gasteiger partial charge in [0, 0.05) is 26.0 Å². The van der Waals surface area contributed by atoms with Crippen LogP contribution in [0.5, 0.6) is 0 Å². The number of hydrogen-bond donors (Lipinski definition) is 1. The van der Waals surface area contributed by atoms with Crippen LogP contribution in [0.4, 0.5) is 0 Å². The van der Waals surface area contributed by atoms with Crippen molar-refractivity contribution in [3.8, 4) is 0 Å². The van der Waals surface area contributed by atoms with Gasteiger partial charge in [0.25, 0.3) is 0 Å². The van der Waals surface area contributed by atoms with Crippen LogP contribution in [0.3, 0.4) is 0 Å². The summed E-state index contributed by atoms with van der Waals surface area (Å²) in [6.07, 6.45) is 0. The largest absolute Gasteiger partial charge is 0 e. The predicted octanol–water partition coefficient (Wildman–Crippen LogP) is 0.715. The van der Waals surface area contributed by atoms with Crippen LogP contribution in [0.15, 0.2) is 0 Å². The van der Waals surface area contributed by atoms with Crippen molar-refractivity contribution in [3.63, 3.8) is 0 Å². The molecule has 1 nitrogen and oxygen atoms in total. The Hall–Kier alpha value is 1.03. The summed E-state index contributed by atoms with van der Waals surface area (Å²) in [6.45, 7) is 5.07. The summed E-state index contributed by atoms with van der Waals surface area (Å²) >= 11 is 6.58. The first-order chi connectivity index (χ1) is 3.81. The van der Waals surface area contributed by atoms with E-state index in [1.165, 1.54) is 0 Å². The molecular formula is C5H13BeNS2Zn. The molecule has 0 unspecified atom stereocenters. The number of hydrogen-bond acceptors (Lipinski definition) is 2. The van der Waals surface area contributed by atoms with Gasteiger partial charge < -0.3 is 5.32 Å². The maximum Gasteiger partial charge on any atom is 0 e. The van der Waals surface area contributed by atoms with E-state index in [9.17, 15) is 0 Å². The quantitative estimate of drug-likeness (QED) is 0.550. The van der Waals surface area contributed by atoms with E-state index in [0.29, 0.717) is 0 Å². The molecule has 0 aromatic carbocycles. The minimum atomic E-state index is 0. The third-order valence-electron chi connectivity index (χ3n) is 0.597. The van der Waals surface area contributed by atoms with E-state index in [1.807, 2.05) is 6.92 Å². The molecule has 0 fully saturated rings. The molecule has 0 aliphatic heterocycles. The standard InChI is InChI=1S/C5H11NS2.Be.Zn.2H/c1-3-6-5(7)8-4-2;;;;/h3-4H2,1-2H3,(H,6,7);;;;. The minimum absolute atomic E-state index is 0. The fourth-order valence-electron chi connectivity index (χ4n) is 0.326. The summed E-state index contributed by atoms with van der Waals surface area (Å²) in [7, 11) is 0. The second kappa shape index (κ2) is 12.7. The van der Waals surface area contributed by atoms with Gasteiger partial charge in [-0.2, -0.15) is 0 Å². The van der Waals surface area contributed by atoms with Crippen LogP contribution in [0.25, 0.3) is 0 Å². The van der Waals surface area contributed by atoms with E-state index in [4.69, 9.17) is 12.2 Å². The first-order valence-electron chi connectivity index (χ1n) is 2.71. The van der Waals surface area contributed by atoms with E-state index in [0.717, 1.165) is 16.6 Å². The average molecular weight is 226 g/mol. The Balaban J connectivity index is -0.000000245. The second-order valence-corrected chi connectivity index (χ2v) is 3.19. The van der Waals surface area contributed by atoms with Crippen LogP contribution < -0.4 is 5.32 Å². The molecule has 10 heavy (non-hydrogen) atoms. The molecule has 54 valence electrons. The maximum atomic E-state index is 4.90. The molecule has 5 heteroatoms. The van der Waals surface area contributed by atoms with Gasteiger partial charge in [0.15, 0.2) is 0 Å². The van der Waals surface area contributed by atoms with Gasteiger partial charge in [-0.05, 0) is 12.7 Å². The predicted molar refractivity (Wildman–Crippen MR) is 53.0 cm³/mol. The molecule has 0 radical (unpaired) electrons. The molecule has 1 N–H and O–H groups in total. The van der Waals surface area contributed by atoms with Gasteiger partial charge in [-0.15, -0.1) is 0 Å². The fourth-order valence-corrected chi connectivity index (χ4v) is 1.33. The average Bonchev–Trinajstić information content (AvgIpc) is 1.68. The molecule has 0 atom stereocenters. The van der Waals surface area contributed by atoms with E-state index in [2.05, 4.69) is 12.2 Å². The van der Waals surface area contributed by atoms with E-state index >= 15 is 0 Å². The Morgan fingerprint density at radius 3 is 2.30 bits per heavy atom. The molecule has 0 rings (SSSR count). The van der Waals surface area contributed by atoms with E-state index in [1.54, 1.807) is 11.8 Å². The number of nitrogens with one attached hydrogen (secondary N) is 1. The number of rotatable bonds is 2. The van der Waals surface area contributed by atoms with Crippen molar-refractivity contribution >= 4 is 38.4 Å². The van der Waals surface area contributed by atoms with Gasteiger partial charge >= 0.3 is 10.1 Å². The zero-order chi connectivity index (χ0) is 6.41. The van der Waals surface area contributed by atoms with Crippen molar-refractivity contribution < 1.29 is 19.5 Å². The monoisotopic (exact) mass is 224 g/mol. The second-order valence-electron chi connectivity index (χ2n) is 1.25. The third-order valence-corrected chi connectivity index (χ3v) is 1.79. The van der Waals surface area contributed by atoms with Crippen LogP contribution in [0, 0.1) is 0 Å². The molecule has 0 saturated carbocycles. The zero-order valence-electron chi connectivity index (χ0n) is 5.94. The molecule has 0 aromatic heterocycles. The van der Waals surface area contributed by atoms with Gasteiger partial charge in [-0.1, -0.05) is 30.9 Å². The van der Waals surface area contributed by atoms with Crippen LogP contribution in [0.2, 0.25) is 0 Å². The van der Waals surface area contributed by atoms with E-state index in [-0.39, 0.29) is 29.6 Å².